The molecule has 0 spiro atoms. The van der Waals surface area contributed by atoms with Crippen molar-refractivity contribution in [1.29, 1.82) is 0 Å². The quantitative estimate of drug-likeness (QED) is 0.0633. The molecule has 0 fully saturated rings. The molecule has 1 rings (SSSR count). The van der Waals surface area contributed by atoms with Crippen LogP contribution in [-0.2, 0) is 6.42 Å². The average molecular weight is 519 g/mol. The monoisotopic (exact) mass is 518 g/mol. The zero-order chi connectivity index (χ0) is 25.7. The number of hydrogen-bond acceptors (Lipinski definition) is 1. The van der Waals surface area contributed by atoms with Crippen molar-refractivity contribution >= 4 is 12.6 Å². The predicted octanol–water partition coefficient (Wildman–Crippen LogP) is 11.7. The molecule has 1 aromatic carbocycles. The summed E-state index contributed by atoms with van der Waals surface area (Å²) in [5.74, 6) is -5.42. The second-order valence-electron chi connectivity index (χ2n) is 10.3. The molecule has 5 heteroatoms. The Hall–Kier alpha value is -0.710. The Balaban J connectivity index is 1.84. The van der Waals surface area contributed by atoms with Gasteiger partial charge in [0, 0.05) is 5.56 Å². The summed E-state index contributed by atoms with van der Waals surface area (Å²) in [6, 6.07) is 0. The minimum absolute atomic E-state index is 0.0126. The third-order valence-corrected chi connectivity index (χ3v) is 7.50. The molecular formula is C30H50F4S. The Morgan fingerprint density at radius 1 is 0.400 bits per heavy atom. The maximum Gasteiger partial charge on any atom is 0.175 e. The summed E-state index contributed by atoms with van der Waals surface area (Å²) < 4.78 is 54.8. The van der Waals surface area contributed by atoms with E-state index in [2.05, 4.69) is 19.6 Å². The van der Waals surface area contributed by atoms with E-state index in [-0.39, 0.29) is 6.42 Å². The maximum atomic E-state index is 13.8. The highest BCUT2D eigenvalue weighted by atomic mass is 32.1. The number of halogens is 4. The van der Waals surface area contributed by atoms with Crippen LogP contribution in [0.25, 0.3) is 0 Å². The van der Waals surface area contributed by atoms with Crippen molar-refractivity contribution in [3.05, 3.63) is 28.8 Å². The van der Waals surface area contributed by atoms with Gasteiger partial charge in [0.25, 0.3) is 0 Å². The fraction of sp³-hybridized carbons (Fsp3) is 0.800. The highest BCUT2D eigenvalue weighted by molar-refractivity contribution is 7.80. The first-order chi connectivity index (χ1) is 17.0. The molecule has 35 heavy (non-hydrogen) atoms. The Morgan fingerprint density at radius 2 is 0.657 bits per heavy atom. The molecule has 0 radical (unpaired) electrons. The van der Waals surface area contributed by atoms with E-state index in [9.17, 15) is 17.6 Å². The lowest BCUT2D eigenvalue weighted by molar-refractivity contribution is 0.411. The molecule has 0 aliphatic heterocycles. The zero-order valence-electron chi connectivity index (χ0n) is 22.2. The lowest BCUT2D eigenvalue weighted by Gasteiger charge is -2.09. The minimum atomic E-state index is -1.40. The van der Waals surface area contributed by atoms with E-state index in [0.29, 0.717) is 6.42 Å². The van der Waals surface area contributed by atoms with Gasteiger partial charge in [0.2, 0.25) is 0 Å². The van der Waals surface area contributed by atoms with Gasteiger partial charge in [-0.2, -0.15) is 0 Å². The van der Waals surface area contributed by atoms with Crippen LogP contribution in [0.4, 0.5) is 17.6 Å². The summed E-state index contributed by atoms with van der Waals surface area (Å²) in [4.78, 5) is -0.891. The molecule has 0 unspecified atom stereocenters. The van der Waals surface area contributed by atoms with Crippen LogP contribution in [0.3, 0.4) is 0 Å². The molecule has 1 aromatic rings. The first-order valence-electron chi connectivity index (χ1n) is 14.5. The lowest BCUT2D eigenvalue weighted by Crippen LogP contribution is -2.05. The van der Waals surface area contributed by atoms with Crippen molar-refractivity contribution in [1.82, 2.24) is 0 Å². The van der Waals surface area contributed by atoms with Crippen molar-refractivity contribution < 1.29 is 17.6 Å². The second-order valence-corrected chi connectivity index (χ2v) is 10.7. The van der Waals surface area contributed by atoms with Crippen LogP contribution in [0.5, 0.6) is 0 Å². The maximum absolute atomic E-state index is 13.8. The number of rotatable bonds is 23. The summed E-state index contributed by atoms with van der Waals surface area (Å²) in [7, 11) is 0. The van der Waals surface area contributed by atoms with Crippen molar-refractivity contribution in [2.45, 2.75) is 159 Å². The van der Waals surface area contributed by atoms with Gasteiger partial charge < -0.3 is 0 Å². The van der Waals surface area contributed by atoms with Crippen LogP contribution in [0.15, 0.2) is 4.90 Å². The molecule has 0 amide bonds. The van der Waals surface area contributed by atoms with Gasteiger partial charge in [-0.3, -0.25) is 0 Å². The molecule has 0 N–H and O–H groups in total. The van der Waals surface area contributed by atoms with Crippen LogP contribution in [0, 0.1) is 23.3 Å². The Bertz CT molecular complexity index is 633. The summed E-state index contributed by atoms with van der Waals surface area (Å²) in [5, 5.41) is 0. The molecule has 0 saturated carbocycles. The van der Waals surface area contributed by atoms with E-state index < -0.39 is 33.7 Å². The number of thiol groups is 1. The standard InChI is InChI=1S/C30H50F4S/c1-2-3-4-5-6-7-8-9-10-11-12-13-14-15-16-17-18-19-20-21-22-23-24-25-26(31)28(33)30(35)29(34)27(25)32/h35H,2-24H2,1H3. The number of unbranched alkanes of at least 4 members (excludes halogenated alkanes) is 21. The number of benzene rings is 1. The molecule has 204 valence electrons. The third-order valence-electron chi connectivity index (χ3n) is 7.11. The molecule has 0 aromatic heterocycles. The highest BCUT2D eigenvalue weighted by Crippen LogP contribution is 2.28. The van der Waals surface area contributed by atoms with Gasteiger partial charge in [0.1, 0.15) is 0 Å². The summed E-state index contributed by atoms with van der Waals surface area (Å²) >= 11 is 3.49. The second kappa shape index (κ2) is 21.4. The van der Waals surface area contributed by atoms with Crippen molar-refractivity contribution in [3.63, 3.8) is 0 Å². The summed E-state index contributed by atoms with van der Waals surface area (Å²) in [6.07, 6.45) is 28.0. The smallest absolute Gasteiger partial charge is 0.175 e. The van der Waals surface area contributed by atoms with Crippen LogP contribution < -0.4 is 0 Å². The molecule has 0 heterocycles. The van der Waals surface area contributed by atoms with Crippen LogP contribution in [0.1, 0.15) is 154 Å². The van der Waals surface area contributed by atoms with E-state index in [0.717, 1.165) is 19.3 Å². The minimum Gasteiger partial charge on any atom is -0.203 e. The van der Waals surface area contributed by atoms with Crippen LogP contribution in [0.2, 0.25) is 0 Å². The van der Waals surface area contributed by atoms with Crippen molar-refractivity contribution in [2.24, 2.45) is 0 Å². The first kappa shape index (κ1) is 32.3. The van der Waals surface area contributed by atoms with Gasteiger partial charge in [-0.25, -0.2) is 17.6 Å². The van der Waals surface area contributed by atoms with Gasteiger partial charge in [0.05, 0.1) is 4.90 Å². The van der Waals surface area contributed by atoms with Gasteiger partial charge >= 0.3 is 0 Å². The van der Waals surface area contributed by atoms with E-state index in [1.165, 1.54) is 116 Å². The summed E-state index contributed by atoms with van der Waals surface area (Å²) in [6.45, 7) is 2.27. The average Bonchev–Trinajstić information content (AvgIpc) is 2.86. The van der Waals surface area contributed by atoms with E-state index in [1.54, 1.807) is 0 Å². The molecule has 0 nitrogen and oxygen atoms in total. The van der Waals surface area contributed by atoms with Crippen LogP contribution >= 0.6 is 12.6 Å². The Kier molecular flexibility index (Phi) is 19.7. The molecule has 0 atom stereocenters. The SMILES string of the molecule is CCCCCCCCCCCCCCCCCCCCCCCCc1c(F)c(F)c(S)c(F)c1F. The third kappa shape index (κ3) is 14.6. The molecule has 0 aliphatic carbocycles. The molecule has 0 bridgehead atoms. The van der Waals surface area contributed by atoms with Crippen molar-refractivity contribution in [2.75, 3.05) is 0 Å². The highest BCUT2D eigenvalue weighted by Gasteiger charge is 2.22. The van der Waals surface area contributed by atoms with E-state index in [4.69, 9.17) is 0 Å². The Morgan fingerprint density at radius 3 is 0.943 bits per heavy atom. The molecular weight excluding hydrogens is 468 g/mol. The van der Waals surface area contributed by atoms with Crippen molar-refractivity contribution in [3.8, 4) is 0 Å². The largest absolute Gasteiger partial charge is 0.203 e. The van der Waals surface area contributed by atoms with Gasteiger partial charge in [-0.15, -0.1) is 12.6 Å². The lowest BCUT2D eigenvalue weighted by atomic mass is 10.0. The van der Waals surface area contributed by atoms with E-state index in [1.807, 2.05) is 0 Å². The Labute approximate surface area is 218 Å². The van der Waals surface area contributed by atoms with Crippen LogP contribution in [-0.4, -0.2) is 0 Å². The first-order valence-corrected chi connectivity index (χ1v) is 15.0. The molecule has 0 aliphatic rings. The van der Waals surface area contributed by atoms with Gasteiger partial charge in [0.15, 0.2) is 23.3 Å². The topological polar surface area (TPSA) is 0 Å². The normalized spacial score (nSPS) is 11.5. The number of hydrogen-bond donors (Lipinski definition) is 1. The van der Waals surface area contributed by atoms with Gasteiger partial charge in [-0.05, 0) is 12.8 Å². The predicted molar refractivity (Wildman–Crippen MR) is 144 cm³/mol. The summed E-state index contributed by atoms with van der Waals surface area (Å²) in [5.41, 5.74) is -0.494. The van der Waals surface area contributed by atoms with E-state index >= 15 is 0 Å². The van der Waals surface area contributed by atoms with Gasteiger partial charge in [-0.1, -0.05) is 142 Å². The fourth-order valence-corrected chi connectivity index (χ4v) is 4.99. The molecule has 0 saturated heterocycles. The zero-order valence-corrected chi connectivity index (χ0v) is 23.1. The fourth-order valence-electron chi connectivity index (χ4n) is 4.80.